The number of rotatable bonds is 1. The van der Waals surface area contributed by atoms with Crippen molar-refractivity contribution in [1.29, 1.82) is 0 Å². The summed E-state index contributed by atoms with van der Waals surface area (Å²) in [5, 5.41) is 0. The molecule has 0 unspecified atom stereocenters. The van der Waals surface area contributed by atoms with Gasteiger partial charge in [-0.1, -0.05) is 35.6 Å². The van der Waals surface area contributed by atoms with Gasteiger partial charge in [-0.2, -0.15) is 0 Å². The lowest BCUT2D eigenvalue weighted by Gasteiger charge is -2.54. The van der Waals surface area contributed by atoms with Gasteiger partial charge in [0.15, 0.2) is 0 Å². The number of fused-ring (bicyclic) bond motifs is 5. The second kappa shape index (κ2) is 5.75. The Morgan fingerprint density at radius 2 is 2.13 bits per heavy atom. The predicted octanol–water partition coefficient (Wildman–Crippen LogP) is 4.92. The molecule has 1 aromatic rings. The number of halogens is 1. The van der Waals surface area contributed by atoms with Gasteiger partial charge in [0.25, 0.3) is 0 Å². The highest BCUT2D eigenvalue weighted by Crippen LogP contribution is 2.59. The maximum absolute atomic E-state index is 12.7. The molecule has 23 heavy (non-hydrogen) atoms. The van der Waals surface area contributed by atoms with E-state index < -0.39 is 0 Å². The molecular formula is C20H25IO2. The van der Waals surface area contributed by atoms with Crippen molar-refractivity contribution in [3.05, 3.63) is 29.3 Å². The summed E-state index contributed by atoms with van der Waals surface area (Å²) in [4.78, 5) is 12.7. The van der Waals surface area contributed by atoms with E-state index in [1.807, 2.05) is 0 Å². The fourth-order valence-corrected chi connectivity index (χ4v) is 6.53. The van der Waals surface area contributed by atoms with Crippen molar-refractivity contribution in [3.8, 4) is 5.75 Å². The molecule has 4 rings (SSSR count). The lowest BCUT2D eigenvalue weighted by molar-refractivity contribution is -0.139. The molecule has 2 fully saturated rings. The Balaban J connectivity index is 1.69. The Labute approximate surface area is 152 Å². The van der Waals surface area contributed by atoms with Crippen molar-refractivity contribution in [3.63, 3.8) is 0 Å². The molecule has 0 heterocycles. The SMILES string of the molecule is COc1ccc2c(c1)CC[C@@H]1[C@@H]2CC[C@]2(C)C(=O)C[C@@H](I)C[C@@H]12. The number of Topliss-reactive ketones (excluding diaryl/α,β-unsaturated/α-hetero) is 1. The predicted molar refractivity (Wildman–Crippen MR) is 100 cm³/mol. The first-order chi connectivity index (χ1) is 11.0. The molecule has 1 aromatic carbocycles. The zero-order valence-electron chi connectivity index (χ0n) is 14.0. The van der Waals surface area contributed by atoms with Crippen LogP contribution < -0.4 is 4.74 Å². The Kier molecular flexibility index (Phi) is 3.98. The topological polar surface area (TPSA) is 26.3 Å². The van der Waals surface area contributed by atoms with Crippen LogP contribution in [-0.4, -0.2) is 16.8 Å². The van der Waals surface area contributed by atoms with Crippen molar-refractivity contribution in [2.45, 2.75) is 55.3 Å². The van der Waals surface area contributed by atoms with Crippen LogP contribution in [0.3, 0.4) is 0 Å². The summed E-state index contributed by atoms with van der Waals surface area (Å²) in [5.74, 6) is 3.43. The smallest absolute Gasteiger partial charge is 0.140 e. The van der Waals surface area contributed by atoms with E-state index in [1.54, 1.807) is 7.11 Å². The van der Waals surface area contributed by atoms with Gasteiger partial charge in [0.1, 0.15) is 11.5 Å². The fraction of sp³-hybridized carbons (Fsp3) is 0.650. The zero-order chi connectivity index (χ0) is 16.2. The largest absolute Gasteiger partial charge is 0.497 e. The lowest BCUT2D eigenvalue weighted by Crippen LogP contribution is -2.51. The summed E-state index contributed by atoms with van der Waals surface area (Å²) in [6, 6.07) is 6.63. The molecule has 3 aliphatic carbocycles. The first-order valence-corrected chi connectivity index (χ1v) is 10.1. The van der Waals surface area contributed by atoms with Crippen molar-refractivity contribution in [1.82, 2.24) is 0 Å². The molecule has 2 nitrogen and oxygen atoms in total. The highest BCUT2D eigenvalue weighted by molar-refractivity contribution is 14.1. The third-order valence-electron chi connectivity index (χ3n) is 6.88. The lowest BCUT2D eigenvalue weighted by atomic mass is 9.50. The minimum Gasteiger partial charge on any atom is -0.497 e. The number of ether oxygens (including phenoxy) is 1. The summed E-state index contributed by atoms with van der Waals surface area (Å²) in [5.41, 5.74) is 2.96. The molecule has 0 amide bonds. The van der Waals surface area contributed by atoms with E-state index in [1.165, 1.54) is 30.4 Å². The number of alkyl halides is 1. The van der Waals surface area contributed by atoms with Crippen molar-refractivity contribution < 1.29 is 9.53 Å². The molecular weight excluding hydrogens is 399 g/mol. The minimum atomic E-state index is -0.0488. The number of carbonyl (C=O) groups excluding carboxylic acids is 1. The van der Waals surface area contributed by atoms with Crippen LogP contribution in [0.4, 0.5) is 0 Å². The summed E-state index contributed by atoms with van der Waals surface area (Å²) in [6.07, 6.45) is 6.65. The molecule has 124 valence electrons. The van der Waals surface area contributed by atoms with Crippen LogP contribution in [0, 0.1) is 17.3 Å². The van der Waals surface area contributed by atoms with Crippen LogP contribution in [0.25, 0.3) is 0 Å². The quantitative estimate of drug-likeness (QED) is 0.473. The molecule has 0 spiro atoms. The van der Waals surface area contributed by atoms with Gasteiger partial charge in [0.05, 0.1) is 7.11 Å². The average molecular weight is 424 g/mol. The van der Waals surface area contributed by atoms with Crippen molar-refractivity contribution in [2.75, 3.05) is 7.11 Å². The van der Waals surface area contributed by atoms with Crippen LogP contribution >= 0.6 is 22.6 Å². The summed E-state index contributed by atoms with van der Waals surface area (Å²) >= 11 is 2.50. The van der Waals surface area contributed by atoms with Gasteiger partial charge in [-0.25, -0.2) is 0 Å². The van der Waals surface area contributed by atoms with Gasteiger partial charge in [-0.3, -0.25) is 4.79 Å². The monoisotopic (exact) mass is 424 g/mol. The van der Waals surface area contributed by atoms with E-state index in [0.717, 1.165) is 25.0 Å². The minimum absolute atomic E-state index is 0.0488. The summed E-state index contributed by atoms with van der Waals surface area (Å²) < 4.78 is 5.94. The first-order valence-electron chi connectivity index (χ1n) is 8.87. The number of hydrogen-bond donors (Lipinski definition) is 0. The van der Waals surface area contributed by atoms with Crippen molar-refractivity contribution >= 4 is 28.4 Å². The molecule has 0 saturated heterocycles. The summed E-state index contributed by atoms with van der Waals surface area (Å²) in [7, 11) is 1.74. The third-order valence-corrected chi connectivity index (χ3v) is 7.83. The Bertz CT molecular complexity index is 641. The van der Waals surface area contributed by atoms with E-state index in [2.05, 4.69) is 47.7 Å². The maximum Gasteiger partial charge on any atom is 0.140 e. The average Bonchev–Trinajstić information content (AvgIpc) is 2.55. The number of aryl methyl sites for hydroxylation is 1. The second-order valence-electron chi connectivity index (χ2n) is 7.90. The van der Waals surface area contributed by atoms with Crippen LogP contribution in [-0.2, 0) is 11.2 Å². The molecule has 3 aliphatic rings. The van der Waals surface area contributed by atoms with E-state index in [-0.39, 0.29) is 5.41 Å². The zero-order valence-corrected chi connectivity index (χ0v) is 16.1. The number of benzene rings is 1. The number of carbonyl (C=O) groups is 1. The number of methoxy groups -OCH3 is 1. The standard InChI is InChI=1S/C20H25IO2/c1-20-8-7-16-15-6-4-14(23-2)9-12(15)3-5-17(16)18(20)10-13(21)11-19(20)22/h4,6,9,13,16-18H,3,5,7-8,10-11H2,1-2H3/t13-,16+,17+,18-,20-/m0/s1. The molecule has 0 aliphatic heterocycles. The molecule has 0 aromatic heterocycles. The molecule has 0 radical (unpaired) electrons. The summed E-state index contributed by atoms with van der Waals surface area (Å²) in [6.45, 7) is 2.27. The van der Waals surface area contributed by atoms with Gasteiger partial charge >= 0.3 is 0 Å². The van der Waals surface area contributed by atoms with Gasteiger partial charge in [0.2, 0.25) is 0 Å². The normalized spacial score (nSPS) is 39.2. The fourth-order valence-electron chi connectivity index (χ4n) is 5.58. The van der Waals surface area contributed by atoms with E-state index in [0.29, 0.717) is 27.5 Å². The first kappa shape index (κ1) is 15.9. The Morgan fingerprint density at radius 1 is 1.30 bits per heavy atom. The van der Waals surface area contributed by atoms with Gasteiger partial charge in [0, 0.05) is 15.8 Å². The van der Waals surface area contributed by atoms with E-state index in [9.17, 15) is 4.79 Å². The van der Waals surface area contributed by atoms with Crippen molar-refractivity contribution in [2.24, 2.45) is 17.3 Å². The number of ketones is 1. The van der Waals surface area contributed by atoms with Crippen LogP contribution in [0.5, 0.6) is 5.75 Å². The highest BCUT2D eigenvalue weighted by atomic mass is 127. The van der Waals surface area contributed by atoms with E-state index in [4.69, 9.17) is 4.74 Å². The Hall–Kier alpha value is -0.580. The highest BCUT2D eigenvalue weighted by Gasteiger charge is 2.54. The van der Waals surface area contributed by atoms with E-state index >= 15 is 0 Å². The second-order valence-corrected chi connectivity index (χ2v) is 9.66. The molecule has 5 atom stereocenters. The molecule has 0 bridgehead atoms. The van der Waals surface area contributed by atoms with Crippen LogP contribution in [0.1, 0.15) is 56.1 Å². The third kappa shape index (κ3) is 2.45. The maximum atomic E-state index is 12.7. The van der Waals surface area contributed by atoms with Gasteiger partial charge in [-0.05, 0) is 73.1 Å². The van der Waals surface area contributed by atoms with Gasteiger partial charge < -0.3 is 4.74 Å². The van der Waals surface area contributed by atoms with Gasteiger partial charge in [-0.15, -0.1) is 0 Å². The van der Waals surface area contributed by atoms with Crippen LogP contribution in [0.15, 0.2) is 18.2 Å². The van der Waals surface area contributed by atoms with Crippen LogP contribution in [0.2, 0.25) is 0 Å². The molecule has 3 heteroatoms. The number of hydrogen-bond acceptors (Lipinski definition) is 2. The molecule has 0 N–H and O–H groups in total. The Morgan fingerprint density at radius 3 is 2.91 bits per heavy atom. The molecule has 2 saturated carbocycles.